The van der Waals surface area contributed by atoms with E-state index in [0.29, 0.717) is 26.2 Å². The Bertz CT molecular complexity index is 1360. The van der Waals surface area contributed by atoms with Crippen molar-refractivity contribution in [3.05, 3.63) is 121 Å². The molecule has 0 aliphatic heterocycles. The van der Waals surface area contributed by atoms with Gasteiger partial charge in [-0.3, -0.25) is 9.59 Å². The number of nitrogens with one attached hydrogen (secondary N) is 1. The van der Waals surface area contributed by atoms with Gasteiger partial charge in [0.05, 0.1) is 6.54 Å². The molecule has 0 unspecified atom stereocenters. The van der Waals surface area contributed by atoms with Crippen LogP contribution in [0.15, 0.2) is 72.1 Å². The van der Waals surface area contributed by atoms with Gasteiger partial charge in [0.2, 0.25) is 0 Å². The number of nitrogens with zero attached hydrogens (tertiary/aromatic N) is 2. The molecule has 4 aromatic rings. The van der Waals surface area contributed by atoms with Gasteiger partial charge in [-0.05, 0) is 53.6 Å². The number of hydrogen-bond acceptors (Lipinski definition) is 4. The minimum Gasteiger partial charge on any atom is -0.347 e. The molecule has 10 heteroatoms. The van der Waals surface area contributed by atoms with Crippen molar-refractivity contribution in [1.82, 2.24) is 15.2 Å². The summed E-state index contributed by atoms with van der Waals surface area (Å²) in [5, 5.41) is 5.52. The molecule has 0 bridgehead atoms. The Hall–Kier alpha value is -3.33. The van der Waals surface area contributed by atoms with Gasteiger partial charge in [-0.25, -0.2) is 13.8 Å². The third-order valence-electron chi connectivity index (χ3n) is 5.16. The smallest absolute Gasteiger partial charge is 0.271 e. The Morgan fingerprint density at radius 2 is 1.44 bits per heavy atom. The van der Waals surface area contributed by atoms with Crippen LogP contribution in [0, 0.1) is 11.6 Å². The predicted octanol–water partition coefficient (Wildman–Crippen LogP) is 6.50. The van der Waals surface area contributed by atoms with Gasteiger partial charge in [-0.15, -0.1) is 11.3 Å². The summed E-state index contributed by atoms with van der Waals surface area (Å²) in [4.78, 5) is 31.8. The van der Waals surface area contributed by atoms with E-state index in [1.165, 1.54) is 58.7 Å². The molecule has 0 saturated carbocycles. The van der Waals surface area contributed by atoms with Gasteiger partial charge in [0.25, 0.3) is 11.8 Å². The molecule has 36 heavy (non-hydrogen) atoms. The minimum absolute atomic E-state index is 0.107. The zero-order chi connectivity index (χ0) is 25.7. The predicted molar refractivity (Wildman–Crippen MR) is 136 cm³/mol. The first-order valence-electron chi connectivity index (χ1n) is 10.7. The summed E-state index contributed by atoms with van der Waals surface area (Å²) in [6.45, 7) is 0.502. The summed E-state index contributed by atoms with van der Waals surface area (Å²) in [6.07, 6.45) is 0. The second-order valence-corrected chi connectivity index (χ2v) is 9.70. The molecule has 184 valence electrons. The van der Waals surface area contributed by atoms with Crippen LogP contribution in [0.1, 0.15) is 37.0 Å². The number of rotatable bonds is 8. The van der Waals surface area contributed by atoms with E-state index in [9.17, 15) is 18.4 Å². The molecule has 0 radical (unpaired) electrons. The van der Waals surface area contributed by atoms with Crippen molar-refractivity contribution < 1.29 is 18.4 Å². The average molecular weight is 546 g/mol. The van der Waals surface area contributed by atoms with Crippen LogP contribution in [0.4, 0.5) is 8.78 Å². The Morgan fingerprint density at radius 3 is 2.06 bits per heavy atom. The molecule has 0 saturated heterocycles. The molecule has 0 fully saturated rings. The standard InChI is InChI=1S/C26H19Cl2F2N3O2S/c27-19-9-18(10-20(28)11-19)26(35)33(13-17-3-7-22(30)8-4-17)14-24-32-23(15-36-24)25(34)31-12-16-1-5-21(29)6-2-16/h1-11,15H,12-14H2,(H,31,34). The van der Waals surface area contributed by atoms with Gasteiger partial charge in [0.15, 0.2) is 0 Å². The van der Waals surface area contributed by atoms with E-state index in [0.717, 1.165) is 5.56 Å². The molecule has 1 N–H and O–H groups in total. The fourth-order valence-corrected chi connectivity index (χ4v) is 4.71. The van der Waals surface area contributed by atoms with Crippen molar-refractivity contribution in [3.8, 4) is 0 Å². The zero-order valence-corrected chi connectivity index (χ0v) is 21.0. The Morgan fingerprint density at radius 1 is 0.861 bits per heavy atom. The second kappa shape index (κ2) is 11.6. The van der Waals surface area contributed by atoms with Crippen LogP contribution in [0.25, 0.3) is 0 Å². The first-order chi connectivity index (χ1) is 17.3. The number of thiazole rings is 1. The Kier molecular flexibility index (Phi) is 8.30. The van der Waals surface area contributed by atoms with Crippen molar-refractivity contribution in [1.29, 1.82) is 0 Å². The van der Waals surface area contributed by atoms with Crippen LogP contribution in [0.3, 0.4) is 0 Å². The molecule has 1 heterocycles. The van der Waals surface area contributed by atoms with Crippen LogP contribution in [-0.2, 0) is 19.6 Å². The molecule has 0 atom stereocenters. The quantitative estimate of drug-likeness (QED) is 0.275. The number of carbonyl (C=O) groups excluding carboxylic acids is 2. The first-order valence-corrected chi connectivity index (χ1v) is 12.4. The summed E-state index contributed by atoms with van der Waals surface area (Å²) >= 11 is 13.4. The molecular weight excluding hydrogens is 527 g/mol. The van der Waals surface area contributed by atoms with E-state index in [1.807, 2.05) is 0 Å². The summed E-state index contributed by atoms with van der Waals surface area (Å²) < 4.78 is 26.4. The molecule has 0 aliphatic carbocycles. The van der Waals surface area contributed by atoms with Crippen LogP contribution in [0.2, 0.25) is 10.0 Å². The second-order valence-electron chi connectivity index (χ2n) is 7.88. The molecule has 4 rings (SSSR count). The monoisotopic (exact) mass is 545 g/mol. The van der Waals surface area contributed by atoms with Gasteiger partial charge in [-0.2, -0.15) is 0 Å². The fraction of sp³-hybridized carbons (Fsp3) is 0.115. The average Bonchev–Trinajstić information content (AvgIpc) is 3.32. The number of carbonyl (C=O) groups is 2. The van der Waals surface area contributed by atoms with Crippen LogP contribution >= 0.6 is 34.5 Å². The van der Waals surface area contributed by atoms with Crippen LogP contribution in [0.5, 0.6) is 0 Å². The van der Waals surface area contributed by atoms with Gasteiger partial charge in [-0.1, -0.05) is 47.5 Å². The van der Waals surface area contributed by atoms with Gasteiger partial charge >= 0.3 is 0 Å². The highest BCUT2D eigenvalue weighted by atomic mass is 35.5. The summed E-state index contributed by atoms with van der Waals surface area (Å²) in [6, 6.07) is 16.2. The van der Waals surface area contributed by atoms with E-state index in [4.69, 9.17) is 23.2 Å². The van der Waals surface area contributed by atoms with E-state index >= 15 is 0 Å². The molecule has 0 aliphatic rings. The van der Waals surface area contributed by atoms with Crippen LogP contribution in [-0.4, -0.2) is 21.7 Å². The van der Waals surface area contributed by atoms with E-state index in [-0.39, 0.29) is 48.8 Å². The lowest BCUT2D eigenvalue weighted by Crippen LogP contribution is -2.30. The van der Waals surface area contributed by atoms with Crippen molar-refractivity contribution in [2.75, 3.05) is 0 Å². The van der Waals surface area contributed by atoms with Crippen LogP contribution < -0.4 is 5.32 Å². The number of hydrogen-bond donors (Lipinski definition) is 1. The maximum absolute atomic E-state index is 13.4. The SMILES string of the molecule is O=C(NCc1ccc(F)cc1)c1csc(CN(Cc2ccc(F)cc2)C(=O)c2cc(Cl)cc(Cl)c2)n1. The fourth-order valence-electron chi connectivity index (χ4n) is 3.40. The maximum atomic E-state index is 13.4. The Labute approximate surface area is 220 Å². The largest absolute Gasteiger partial charge is 0.347 e. The molecule has 3 aromatic carbocycles. The third kappa shape index (κ3) is 6.87. The molecular formula is C26H19Cl2F2N3O2S. The molecule has 0 spiro atoms. The van der Waals surface area contributed by atoms with Crippen molar-refractivity contribution in [2.24, 2.45) is 0 Å². The Balaban J connectivity index is 1.50. The molecule has 5 nitrogen and oxygen atoms in total. The van der Waals surface area contributed by atoms with E-state index < -0.39 is 0 Å². The van der Waals surface area contributed by atoms with Crippen molar-refractivity contribution in [2.45, 2.75) is 19.6 Å². The lowest BCUT2D eigenvalue weighted by Gasteiger charge is -2.22. The molecule has 2 amide bonds. The number of amides is 2. The minimum atomic E-state index is -0.389. The summed E-state index contributed by atoms with van der Waals surface area (Å²) in [7, 11) is 0. The lowest BCUT2D eigenvalue weighted by atomic mass is 10.1. The van der Waals surface area contributed by atoms with E-state index in [1.54, 1.807) is 29.6 Å². The van der Waals surface area contributed by atoms with Gasteiger partial charge in [0, 0.05) is 34.1 Å². The van der Waals surface area contributed by atoms with Gasteiger partial charge < -0.3 is 10.2 Å². The number of aromatic nitrogens is 1. The topological polar surface area (TPSA) is 62.3 Å². The lowest BCUT2D eigenvalue weighted by molar-refractivity contribution is 0.0730. The highest BCUT2D eigenvalue weighted by molar-refractivity contribution is 7.09. The normalized spacial score (nSPS) is 10.8. The van der Waals surface area contributed by atoms with E-state index in [2.05, 4.69) is 10.3 Å². The number of halogens is 4. The first kappa shape index (κ1) is 25.8. The molecule has 1 aromatic heterocycles. The number of benzene rings is 3. The zero-order valence-electron chi connectivity index (χ0n) is 18.7. The van der Waals surface area contributed by atoms with Gasteiger partial charge in [0.1, 0.15) is 22.3 Å². The maximum Gasteiger partial charge on any atom is 0.271 e. The summed E-state index contributed by atoms with van der Waals surface area (Å²) in [5.74, 6) is -1.47. The highest BCUT2D eigenvalue weighted by Gasteiger charge is 2.20. The van der Waals surface area contributed by atoms with Crippen molar-refractivity contribution in [3.63, 3.8) is 0 Å². The third-order valence-corrected chi connectivity index (χ3v) is 6.43. The van der Waals surface area contributed by atoms with Crippen molar-refractivity contribution >= 4 is 46.4 Å². The highest BCUT2D eigenvalue weighted by Crippen LogP contribution is 2.23. The summed E-state index contributed by atoms with van der Waals surface area (Å²) in [5.41, 5.74) is 1.96.